The number of hydrogen-bond donors (Lipinski definition) is 1. The molecule has 2 heterocycles. The van der Waals surface area contributed by atoms with Crippen molar-refractivity contribution in [2.24, 2.45) is 0 Å². The van der Waals surface area contributed by atoms with Gasteiger partial charge in [0.2, 0.25) is 5.75 Å². The molecule has 2 aromatic rings. The van der Waals surface area contributed by atoms with Crippen LogP contribution in [0.1, 0.15) is 22.0 Å². The van der Waals surface area contributed by atoms with Gasteiger partial charge in [0.1, 0.15) is 0 Å². The van der Waals surface area contributed by atoms with Crippen LogP contribution in [0.2, 0.25) is 0 Å². The van der Waals surface area contributed by atoms with Gasteiger partial charge in [-0.15, -0.1) is 0 Å². The lowest BCUT2D eigenvalue weighted by Crippen LogP contribution is -2.43. The van der Waals surface area contributed by atoms with Gasteiger partial charge in [0.15, 0.2) is 11.5 Å². The Morgan fingerprint density at radius 1 is 1.18 bits per heavy atom. The average Bonchev–Trinajstić information content (AvgIpc) is 3.27. The van der Waals surface area contributed by atoms with Gasteiger partial charge in [-0.1, -0.05) is 0 Å². The minimum absolute atomic E-state index is 0.112. The molecule has 0 spiro atoms. The van der Waals surface area contributed by atoms with E-state index in [4.69, 9.17) is 18.9 Å². The number of rotatable bonds is 8. The number of carbonyl (C=O) groups is 1. The SMILES string of the molecule is COc1cc(C(=O)NCC(c2ccsc2)N2CCOCC2)cc(OC)c1OC. The van der Waals surface area contributed by atoms with Crippen LogP contribution in [0.5, 0.6) is 17.2 Å². The molecule has 0 saturated carbocycles. The Kier molecular flexibility index (Phi) is 7.13. The van der Waals surface area contributed by atoms with E-state index in [9.17, 15) is 4.79 Å². The van der Waals surface area contributed by atoms with Gasteiger partial charge in [-0.05, 0) is 34.5 Å². The van der Waals surface area contributed by atoms with Crippen LogP contribution in [-0.2, 0) is 4.74 Å². The number of hydrogen-bond acceptors (Lipinski definition) is 7. The van der Waals surface area contributed by atoms with Crippen molar-refractivity contribution < 1.29 is 23.7 Å². The normalized spacial score (nSPS) is 15.7. The molecule has 1 atom stereocenters. The third kappa shape index (κ3) is 4.57. The summed E-state index contributed by atoms with van der Waals surface area (Å²) in [6.45, 7) is 3.62. The van der Waals surface area contributed by atoms with E-state index < -0.39 is 0 Å². The molecule has 1 aromatic heterocycles. The summed E-state index contributed by atoms with van der Waals surface area (Å²) in [6, 6.07) is 5.54. The Bertz CT molecular complexity index is 750. The highest BCUT2D eigenvalue weighted by molar-refractivity contribution is 7.07. The summed E-state index contributed by atoms with van der Waals surface area (Å²) in [7, 11) is 4.60. The van der Waals surface area contributed by atoms with Crippen LogP contribution in [0.3, 0.4) is 0 Å². The van der Waals surface area contributed by atoms with E-state index in [0.29, 0.717) is 42.6 Å². The summed E-state index contributed by atoms with van der Waals surface area (Å²) < 4.78 is 21.5. The molecule has 1 aliphatic heterocycles. The van der Waals surface area contributed by atoms with Crippen LogP contribution in [0.15, 0.2) is 29.0 Å². The number of morpholine rings is 1. The Morgan fingerprint density at radius 3 is 2.39 bits per heavy atom. The van der Waals surface area contributed by atoms with E-state index in [-0.39, 0.29) is 11.9 Å². The van der Waals surface area contributed by atoms with E-state index in [0.717, 1.165) is 13.1 Å². The van der Waals surface area contributed by atoms with Crippen molar-refractivity contribution >= 4 is 17.2 Å². The zero-order valence-electron chi connectivity index (χ0n) is 16.4. The zero-order valence-corrected chi connectivity index (χ0v) is 17.2. The molecular weight excluding hydrogens is 380 g/mol. The van der Waals surface area contributed by atoms with Crippen LogP contribution in [0.25, 0.3) is 0 Å². The summed E-state index contributed by atoms with van der Waals surface area (Å²) in [5.74, 6) is 1.18. The topological polar surface area (TPSA) is 69.3 Å². The molecule has 7 nitrogen and oxygen atoms in total. The molecule has 1 unspecified atom stereocenters. The molecule has 8 heteroatoms. The molecule has 1 N–H and O–H groups in total. The first-order valence-electron chi connectivity index (χ1n) is 9.10. The standard InChI is InChI=1S/C20H26N2O5S/c1-24-17-10-15(11-18(25-2)19(17)26-3)20(23)21-12-16(14-4-9-28-13-14)22-5-7-27-8-6-22/h4,9-11,13,16H,5-8,12H2,1-3H3,(H,21,23). The second kappa shape index (κ2) is 9.77. The largest absolute Gasteiger partial charge is 0.493 e. The summed E-state index contributed by atoms with van der Waals surface area (Å²) in [5.41, 5.74) is 1.66. The highest BCUT2D eigenvalue weighted by Gasteiger charge is 2.24. The molecule has 0 radical (unpaired) electrons. The Labute approximate surface area is 169 Å². The molecule has 1 amide bonds. The molecule has 152 valence electrons. The van der Waals surface area contributed by atoms with Crippen LogP contribution < -0.4 is 19.5 Å². The predicted molar refractivity (Wildman–Crippen MR) is 108 cm³/mol. The maximum atomic E-state index is 12.8. The maximum absolute atomic E-state index is 12.8. The first kappa shape index (κ1) is 20.4. The van der Waals surface area contributed by atoms with E-state index in [1.54, 1.807) is 23.5 Å². The molecule has 0 bridgehead atoms. The van der Waals surface area contributed by atoms with E-state index in [1.807, 2.05) is 0 Å². The average molecular weight is 407 g/mol. The monoisotopic (exact) mass is 406 g/mol. The van der Waals surface area contributed by atoms with E-state index in [1.165, 1.54) is 26.9 Å². The summed E-state index contributed by atoms with van der Waals surface area (Å²) >= 11 is 1.66. The molecule has 28 heavy (non-hydrogen) atoms. The first-order chi connectivity index (χ1) is 13.7. The van der Waals surface area contributed by atoms with Gasteiger partial charge in [-0.3, -0.25) is 9.69 Å². The fraction of sp³-hybridized carbons (Fsp3) is 0.450. The van der Waals surface area contributed by atoms with E-state index in [2.05, 4.69) is 27.0 Å². The molecule has 1 fully saturated rings. The van der Waals surface area contributed by atoms with Crippen molar-refractivity contribution in [2.75, 3.05) is 54.2 Å². The molecular formula is C20H26N2O5S. The lowest BCUT2D eigenvalue weighted by molar-refractivity contribution is 0.0163. The fourth-order valence-corrected chi connectivity index (χ4v) is 4.02. The maximum Gasteiger partial charge on any atom is 0.251 e. The van der Waals surface area contributed by atoms with Crippen molar-refractivity contribution in [1.29, 1.82) is 0 Å². The minimum Gasteiger partial charge on any atom is -0.493 e. The van der Waals surface area contributed by atoms with Gasteiger partial charge in [-0.2, -0.15) is 11.3 Å². The molecule has 1 saturated heterocycles. The number of carbonyl (C=O) groups excluding carboxylic acids is 1. The fourth-order valence-electron chi connectivity index (χ4n) is 3.32. The number of amides is 1. The number of ether oxygens (including phenoxy) is 4. The molecule has 1 aliphatic rings. The number of thiophene rings is 1. The van der Waals surface area contributed by atoms with Crippen LogP contribution in [-0.4, -0.2) is 65.0 Å². The number of nitrogens with zero attached hydrogens (tertiary/aromatic N) is 1. The highest BCUT2D eigenvalue weighted by atomic mass is 32.1. The van der Waals surface area contributed by atoms with Crippen molar-refractivity contribution in [1.82, 2.24) is 10.2 Å². The number of nitrogens with one attached hydrogen (secondary N) is 1. The Balaban J connectivity index is 1.75. The molecule has 1 aromatic carbocycles. The van der Waals surface area contributed by atoms with Crippen LogP contribution >= 0.6 is 11.3 Å². The van der Waals surface area contributed by atoms with Crippen molar-refractivity contribution in [2.45, 2.75) is 6.04 Å². The summed E-state index contributed by atoms with van der Waals surface area (Å²) in [4.78, 5) is 15.2. The van der Waals surface area contributed by atoms with Gasteiger partial charge < -0.3 is 24.3 Å². The van der Waals surface area contributed by atoms with Crippen molar-refractivity contribution in [3.63, 3.8) is 0 Å². The highest BCUT2D eigenvalue weighted by Crippen LogP contribution is 2.38. The predicted octanol–water partition coefficient (Wildman–Crippen LogP) is 2.58. The van der Waals surface area contributed by atoms with Crippen molar-refractivity contribution in [3.05, 3.63) is 40.1 Å². The number of benzene rings is 1. The van der Waals surface area contributed by atoms with Gasteiger partial charge in [0.25, 0.3) is 5.91 Å². The van der Waals surface area contributed by atoms with Gasteiger partial charge >= 0.3 is 0 Å². The minimum atomic E-state index is -0.187. The van der Waals surface area contributed by atoms with Gasteiger partial charge in [-0.25, -0.2) is 0 Å². The number of methoxy groups -OCH3 is 3. The van der Waals surface area contributed by atoms with Gasteiger partial charge in [0, 0.05) is 25.2 Å². The zero-order chi connectivity index (χ0) is 19.9. The van der Waals surface area contributed by atoms with Crippen molar-refractivity contribution in [3.8, 4) is 17.2 Å². The molecule has 0 aliphatic carbocycles. The third-order valence-electron chi connectivity index (χ3n) is 4.80. The van der Waals surface area contributed by atoms with E-state index >= 15 is 0 Å². The second-order valence-electron chi connectivity index (χ2n) is 6.34. The summed E-state index contributed by atoms with van der Waals surface area (Å²) in [5, 5.41) is 7.25. The Morgan fingerprint density at radius 2 is 1.86 bits per heavy atom. The molecule has 3 rings (SSSR count). The van der Waals surface area contributed by atoms with Gasteiger partial charge in [0.05, 0.1) is 40.6 Å². The van der Waals surface area contributed by atoms with Crippen LogP contribution in [0.4, 0.5) is 0 Å². The first-order valence-corrected chi connectivity index (χ1v) is 10.0. The lowest BCUT2D eigenvalue weighted by Gasteiger charge is -2.34. The lowest BCUT2D eigenvalue weighted by atomic mass is 10.1. The quantitative estimate of drug-likeness (QED) is 0.727. The smallest absolute Gasteiger partial charge is 0.251 e. The second-order valence-corrected chi connectivity index (χ2v) is 7.12. The third-order valence-corrected chi connectivity index (χ3v) is 5.50. The van der Waals surface area contributed by atoms with Crippen LogP contribution in [0, 0.1) is 0 Å². The Hall–Kier alpha value is -2.29. The summed E-state index contributed by atoms with van der Waals surface area (Å²) in [6.07, 6.45) is 0.